The number of anilines is 2. The average Bonchev–Trinajstić information content (AvgIpc) is 2.60. The number of hydrogen-bond donors (Lipinski definition) is 1. The Morgan fingerprint density at radius 3 is 2.50 bits per heavy atom. The second-order valence-corrected chi connectivity index (χ2v) is 7.32. The van der Waals surface area contributed by atoms with E-state index in [0.717, 1.165) is 0 Å². The van der Waals surface area contributed by atoms with Crippen molar-refractivity contribution in [3.05, 3.63) is 61.2 Å². The molecule has 2 aromatic carbocycles. The Kier molecular flexibility index (Phi) is 6.41. The Balaban J connectivity index is 2.39. The third kappa shape index (κ3) is 4.64. The van der Waals surface area contributed by atoms with Crippen LogP contribution in [0.25, 0.3) is 0 Å². The van der Waals surface area contributed by atoms with Crippen LogP contribution in [0.3, 0.4) is 0 Å². The minimum Gasteiger partial charge on any atom is -0.494 e. The number of nitrogens with one attached hydrogen (secondary N) is 1. The lowest BCUT2D eigenvalue weighted by molar-refractivity contribution is -0.114. The molecule has 0 heterocycles. The zero-order chi connectivity index (χ0) is 19.2. The molecule has 1 amide bonds. The highest BCUT2D eigenvalue weighted by Crippen LogP contribution is 2.27. The van der Waals surface area contributed by atoms with Crippen LogP contribution in [0.15, 0.2) is 66.1 Å². The largest absolute Gasteiger partial charge is 0.494 e. The van der Waals surface area contributed by atoms with Crippen molar-refractivity contribution < 1.29 is 17.9 Å². The first-order valence-electron chi connectivity index (χ1n) is 8.12. The maximum atomic E-state index is 13.1. The van der Waals surface area contributed by atoms with Gasteiger partial charge in [-0.1, -0.05) is 12.1 Å². The molecule has 1 N–H and O–H groups in total. The summed E-state index contributed by atoms with van der Waals surface area (Å²) in [5.74, 6) is 0.372. The number of sulfonamides is 1. The topological polar surface area (TPSA) is 75.7 Å². The van der Waals surface area contributed by atoms with E-state index in [1.807, 2.05) is 6.92 Å². The molecule has 0 bridgehead atoms. The predicted octanol–water partition coefficient (Wildman–Crippen LogP) is 3.43. The van der Waals surface area contributed by atoms with E-state index in [1.165, 1.54) is 29.4 Å². The summed E-state index contributed by atoms with van der Waals surface area (Å²) >= 11 is 0. The standard InChI is InChI=1S/C19H22N2O4S/c1-4-13-21(17-7-6-8-18(14-17)25-5-2)26(23,24)19-11-9-16(10-12-19)20-15(3)22/h4,6-12,14H,1,5,13H2,2-3H3,(H,20,22). The quantitative estimate of drug-likeness (QED) is 0.718. The fraction of sp³-hybridized carbons (Fsp3) is 0.211. The van der Waals surface area contributed by atoms with Gasteiger partial charge >= 0.3 is 0 Å². The lowest BCUT2D eigenvalue weighted by atomic mass is 10.3. The molecule has 138 valence electrons. The second kappa shape index (κ2) is 8.53. The van der Waals surface area contributed by atoms with Gasteiger partial charge < -0.3 is 10.1 Å². The Hall–Kier alpha value is -2.80. The van der Waals surface area contributed by atoms with Gasteiger partial charge in [-0.25, -0.2) is 8.42 Å². The summed E-state index contributed by atoms with van der Waals surface area (Å²) in [4.78, 5) is 11.2. The number of carbonyl (C=O) groups is 1. The van der Waals surface area contributed by atoms with Gasteiger partial charge in [0, 0.05) is 18.7 Å². The van der Waals surface area contributed by atoms with Crippen LogP contribution in [0, 0.1) is 0 Å². The van der Waals surface area contributed by atoms with E-state index >= 15 is 0 Å². The van der Waals surface area contributed by atoms with Gasteiger partial charge in [0.05, 0.1) is 23.7 Å². The van der Waals surface area contributed by atoms with Crippen molar-refractivity contribution >= 4 is 27.3 Å². The first-order valence-corrected chi connectivity index (χ1v) is 9.56. The normalized spacial score (nSPS) is 10.8. The second-order valence-electron chi connectivity index (χ2n) is 5.46. The van der Waals surface area contributed by atoms with E-state index in [9.17, 15) is 13.2 Å². The fourth-order valence-electron chi connectivity index (χ4n) is 2.40. The molecular formula is C19H22N2O4S. The molecule has 26 heavy (non-hydrogen) atoms. The van der Waals surface area contributed by atoms with Gasteiger partial charge in [-0.3, -0.25) is 9.10 Å². The Morgan fingerprint density at radius 2 is 1.92 bits per heavy atom. The van der Waals surface area contributed by atoms with Crippen LogP contribution in [0.5, 0.6) is 5.75 Å². The average molecular weight is 374 g/mol. The van der Waals surface area contributed by atoms with Crippen molar-refractivity contribution in [1.82, 2.24) is 0 Å². The van der Waals surface area contributed by atoms with Crippen molar-refractivity contribution in [3.63, 3.8) is 0 Å². The third-order valence-corrected chi connectivity index (χ3v) is 5.28. The Bertz CT molecular complexity index is 877. The summed E-state index contributed by atoms with van der Waals surface area (Å²) in [5, 5.41) is 2.61. The van der Waals surface area contributed by atoms with E-state index in [-0.39, 0.29) is 17.3 Å². The molecule has 0 aromatic heterocycles. The predicted molar refractivity (Wildman–Crippen MR) is 103 cm³/mol. The van der Waals surface area contributed by atoms with Gasteiger partial charge in [-0.05, 0) is 43.3 Å². The molecule has 0 fully saturated rings. The molecule has 0 radical (unpaired) electrons. The molecule has 0 saturated carbocycles. The van der Waals surface area contributed by atoms with E-state index in [4.69, 9.17) is 4.74 Å². The summed E-state index contributed by atoms with van der Waals surface area (Å²) in [6.45, 7) is 7.51. The maximum Gasteiger partial charge on any atom is 0.264 e. The molecule has 0 unspecified atom stereocenters. The van der Waals surface area contributed by atoms with Crippen LogP contribution in [0.1, 0.15) is 13.8 Å². The van der Waals surface area contributed by atoms with E-state index in [1.54, 1.807) is 36.4 Å². The smallest absolute Gasteiger partial charge is 0.264 e. The summed E-state index contributed by atoms with van der Waals surface area (Å²) in [6, 6.07) is 12.9. The number of nitrogens with zero attached hydrogens (tertiary/aromatic N) is 1. The summed E-state index contributed by atoms with van der Waals surface area (Å²) in [7, 11) is -3.80. The SMILES string of the molecule is C=CCN(c1cccc(OCC)c1)S(=O)(=O)c1ccc(NC(C)=O)cc1. The van der Waals surface area contributed by atoms with Gasteiger partial charge in [0.25, 0.3) is 10.0 Å². The monoisotopic (exact) mass is 374 g/mol. The zero-order valence-corrected chi connectivity index (χ0v) is 15.6. The zero-order valence-electron chi connectivity index (χ0n) is 14.8. The molecular weight excluding hydrogens is 352 g/mol. The summed E-state index contributed by atoms with van der Waals surface area (Å²) in [6.07, 6.45) is 1.52. The van der Waals surface area contributed by atoms with Crippen molar-refractivity contribution in [1.29, 1.82) is 0 Å². The number of hydrogen-bond acceptors (Lipinski definition) is 4. The highest BCUT2D eigenvalue weighted by Gasteiger charge is 2.24. The molecule has 7 heteroatoms. The lowest BCUT2D eigenvalue weighted by Gasteiger charge is -2.23. The molecule has 2 rings (SSSR count). The van der Waals surface area contributed by atoms with Crippen LogP contribution in [-0.4, -0.2) is 27.5 Å². The molecule has 0 aliphatic rings. The van der Waals surface area contributed by atoms with Gasteiger partial charge in [0.2, 0.25) is 5.91 Å². The molecule has 0 saturated heterocycles. The summed E-state index contributed by atoms with van der Waals surface area (Å²) < 4.78 is 32.9. The van der Waals surface area contributed by atoms with Crippen LogP contribution >= 0.6 is 0 Å². The van der Waals surface area contributed by atoms with Crippen LogP contribution < -0.4 is 14.4 Å². The van der Waals surface area contributed by atoms with Gasteiger partial charge in [-0.15, -0.1) is 6.58 Å². The lowest BCUT2D eigenvalue weighted by Crippen LogP contribution is -2.31. The van der Waals surface area contributed by atoms with E-state index < -0.39 is 10.0 Å². The minimum atomic E-state index is -3.80. The molecule has 2 aromatic rings. The first-order chi connectivity index (χ1) is 12.4. The van der Waals surface area contributed by atoms with Crippen LogP contribution in [0.4, 0.5) is 11.4 Å². The number of rotatable bonds is 8. The summed E-state index contributed by atoms with van der Waals surface area (Å²) in [5.41, 5.74) is 1.02. The van der Waals surface area contributed by atoms with Gasteiger partial charge in [0.1, 0.15) is 5.75 Å². The van der Waals surface area contributed by atoms with Crippen molar-refractivity contribution in [3.8, 4) is 5.75 Å². The third-order valence-electron chi connectivity index (χ3n) is 3.47. The Labute approximate surface area is 154 Å². The van der Waals surface area contributed by atoms with Crippen molar-refractivity contribution in [2.75, 3.05) is 22.8 Å². The fourth-order valence-corrected chi connectivity index (χ4v) is 3.82. The molecule has 0 aliphatic carbocycles. The molecule has 0 aliphatic heterocycles. The Morgan fingerprint density at radius 1 is 1.23 bits per heavy atom. The number of benzene rings is 2. The molecule has 6 nitrogen and oxygen atoms in total. The highest BCUT2D eigenvalue weighted by atomic mass is 32.2. The van der Waals surface area contributed by atoms with E-state index in [2.05, 4.69) is 11.9 Å². The van der Waals surface area contributed by atoms with E-state index in [0.29, 0.717) is 23.7 Å². The van der Waals surface area contributed by atoms with Crippen molar-refractivity contribution in [2.24, 2.45) is 0 Å². The maximum absolute atomic E-state index is 13.1. The molecule has 0 spiro atoms. The van der Waals surface area contributed by atoms with Gasteiger partial charge in [-0.2, -0.15) is 0 Å². The van der Waals surface area contributed by atoms with Gasteiger partial charge in [0.15, 0.2) is 0 Å². The number of amides is 1. The molecule has 0 atom stereocenters. The van der Waals surface area contributed by atoms with Crippen molar-refractivity contribution in [2.45, 2.75) is 18.7 Å². The number of ether oxygens (including phenoxy) is 1. The minimum absolute atomic E-state index is 0.116. The van der Waals surface area contributed by atoms with Crippen LogP contribution in [0.2, 0.25) is 0 Å². The highest BCUT2D eigenvalue weighted by molar-refractivity contribution is 7.92. The number of carbonyl (C=O) groups excluding carboxylic acids is 1. The van der Waals surface area contributed by atoms with Crippen LogP contribution in [-0.2, 0) is 14.8 Å². The first kappa shape index (κ1) is 19.5.